The highest BCUT2D eigenvalue weighted by molar-refractivity contribution is 7.97. The average molecular weight is 371 g/mol. The number of fused-ring (bicyclic) bond motifs is 1. The van der Waals surface area contributed by atoms with E-state index in [1.54, 1.807) is 6.07 Å². The maximum absolute atomic E-state index is 12.4. The van der Waals surface area contributed by atoms with Gasteiger partial charge in [0, 0.05) is 22.8 Å². The van der Waals surface area contributed by atoms with Gasteiger partial charge in [-0.2, -0.15) is 9.19 Å². The zero-order chi connectivity index (χ0) is 17.2. The van der Waals surface area contributed by atoms with Gasteiger partial charge in [-0.3, -0.25) is 4.79 Å². The molecule has 4 rings (SSSR count). The van der Waals surface area contributed by atoms with Gasteiger partial charge in [-0.15, -0.1) is 0 Å². The molecule has 1 atom stereocenters. The molecule has 0 saturated heterocycles. The second-order valence-corrected chi connectivity index (χ2v) is 7.14. The van der Waals surface area contributed by atoms with Gasteiger partial charge in [0.1, 0.15) is 17.5 Å². The summed E-state index contributed by atoms with van der Waals surface area (Å²) < 4.78 is 6.52. The van der Waals surface area contributed by atoms with E-state index in [2.05, 4.69) is 23.3 Å². The number of hydrogen-bond acceptors (Lipinski definition) is 4. The van der Waals surface area contributed by atoms with Crippen molar-refractivity contribution < 1.29 is 4.42 Å². The van der Waals surface area contributed by atoms with Crippen molar-refractivity contribution in [1.82, 2.24) is 9.19 Å². The number of allylic oxidation sites excluding steroid dienone is 4. The van der Waals surface area contributed by atoms with Gasteiger partial charge >= 0.3 is 0 Å². The molecule has 0 amide bonds. The molecule has 2 aliphatic heterocycles. The van der Waals surface area contributed by atoms with Gasteiger partial charge in [0.25, 0.3) is 5.56 Å². The Balaban J connectivity index is 1.55. The van der Waals surface area contributed by atoms with E-state index in [9.17, 15) is 4.79 Å². The molecule has 0 saturated carbocycles. The molecule has 4 nitrogen and oxygen atoms in total. The minimum absolute atomic E-state index is 0.138. The maximum atomic E-state index is 12.4. The fourth-order valence-electron chi connectivity index (χ4n) is 2.91. The lowest BCUT2D eigenvalue weighted by Crippen LogP contribution is -2.14. The van der Waals surface area contributed by atoms with Crippen LogP contribution in [0.25, 0.3) is 16.8 Å². The zero-order valence-electron chi connectivity index (χ0n) is 13.3. The number of aromatic nitrogens is 2. The van der Waals surface area contributed by atoms with Crippen LogP contribution in [-0.4, -0.2) is 14.9 Å². The van der Waals surface area contributed by atoms with E-state index in [0.717, 1.165) is 22.8 Å². The number of halogens is 1. The molecule has 3 aliphatic rings. The summed E-state index contributed by atoms with van der Waals surface area (Å²) in [6.45, 7) is 0. The van der Waals surface area contributed by atoms with Gasteiger partial charge in [0.05, 0.1) is 6.26 Å². The Morgan fingerprint density at radius 1 is 1.28 bits per heavy atom. The number of benzene rings is 1. The van der Waals surface area contributed by atoms with Crippen molar-refractivity contribution in [2.45, 2.75) is 6.42 Å². The summed E-state index contributed by atoms with van der Waals surface area (Å²) in [7, 11) is 0. The number of nitrogens with zero attached hydrogens (tertiary/aromatic N) is 2. The lowest BCUT2D eigenvalue weighted by molar-refractivity contribution is 0.551. The van der Waals surface area contributed by atoms with Gasteiger partial charge in [0.15, 0.2) is 0 Å². The van der Waals surface area contributed by atoms with E-state index in [1.165, 1.54) is 34.1 Å². The van der Waals surface area contributed by atoms with Crippen LogP contribution in [0.3, 0.4) is 0 Å². The van der Waals surface area contributed by atoms with E-state index in [-0.39, 0.29) is 11.5 Å². The van der Waals surface area contributed by atoms with E-state index < -0.39 is 0 Å². The topological polar surface area (TPSA) is 48.0 Å². The predicted molar refractivity (Wildman–Crippen MR) is 102 cm³/mol. The van der Waals surface area contributed by atoms with Crippen LogP contribution in [0, 0.1) is 5.92 Å². The Kier molecular flexibility index (Phi) is 4.51. The van der Waals surface area contributed by atoms with Crippen molar-refractivity contribution in [3.63, 3.8) is 0 Å². The average Bonchev–Trinajstić information content (AvgIpc) is 2.97. The first-order chi connectivity index (χ1) is 12.2. The summed E-state index contributed by atoms with van der Waals surface area (Å²) in [6, 6.07) is 9.58. The van der Waals surface area contributed by atoms with Crippen LogP contribution < -0.4 is 5.56 Å². The molecule has 1 unspecified atom stereocenters. The fraction of sp³-hybridized carbons (Fsp3) is 0.158. The molecule has 2 heterocycles. The first-order valence-corrected chi connectivity index (χ1v) is 9.25. The van der Waals surface area contributed by atoms with Crippen molar-refractivity contribution in [3.8, 4) is 11.3 Å². The second kappa shape index (κ2) is 6.94. The molecule has 1 aliphatic carbocycles. The number of rotatable bonds is 4. The molecule has 1 aromatic rings. The largest absolute Gasteiger partial charge is 0.472 e. The molecule has 0 fully saturated rings. The normalized spacial score (nSPS) is 17.0. The van der Waals surface area contributed by atoms with Gasteiger partial charge in [-0.25, -0.2) is 0 Å². The Labute approximate surface area is 154 Å². The summed E-state index contributed by atoms with van der Waals surface area (Å²) in [5.41, 5.74) is 3.43. The van der Waals surface area contributed by atoms with Crippen LogP contribution in [0.1, 0.15) is 12.0 Å². The molecule has 0 aromatic heterocycles. The second-order valence-electron chi connectivity index (χ2n) is 5.77. The molecule has 25 heavy (non-hydrogen) atoms. The van der Waals surface area contributed by atoms with Crippen molar-refractivity contribution in [3.05, 3.63) is 82.0 Å². The Hall–Kier alpha value is -2.24. The smallest absolute Gasteiger partial charge is 0.289 e. The third-order valence-electron chi connectivity index (χ3n) is 4.16. The molecule has 1 aromatic carbocycles. The first kappa shape index (κ1) is 16.2. The van der Waals surface area contributed by atoms with Crippen molar-refractivity contribution in [1.29, 1.82) is 0 Å². The first-order valence-electron chi connectivity index (χ1n) is 7.93. The van der Waals surface area contributed by atoms with Gasteiger partial charge < -0.3 is 4.42 Å². The maximum Gasteiger partial charge on any atom is 0.289 e. The van der Waals surface area contributed by atoms with Crippen LogP contribution in [0.4, 0.5) is 0 Å². The van der Waals surface area contributed by atoms with Gasteiger partial charge in [0.2, 0.25) is 0 Å². The third kappa shape index (κ3) is 3.30. The van der Waals surface area contributed by atoms with Gasteiger partial charge in [-0.1, -0.05) is 42.0 Å². The molecule has 6 heteroatoms. The van der Waals surface area contributed by atoms with Crippen LogP contribution >= 0.6 is 23.5 Å². The van der Waals surface area contributed by atoms with Crippen LogP contribution in [-0.2, 0) is 0 Å². The molecule has 126 valence electrons. The highest BCUT2D eigenvalue weighted by Gasteiger charge is 2.19. The molecular formula is C19H15ClN2O2S. The van der Waals surface area contributed by atoms with Crippen molar-refractivity contribution in [2.75, 3.05) is 5.75 Å². The van der Waals surface area contributed by atoms with Crippen molar-refractivity contribution >= 4 is 29.1 Å². The fourth-order valence-corrected chi connectivity index (χ4v) is 3.99. The SMILES string of the molecule is O=c1c2coccc-2nn1SCC1C=CCC=C1c1ccc(Cl)cc1. The third-order valence-corrected chi connectivity index (χ3v) is 5.42. The molecule has 0 spiro atoms. The summed E-state index contributed by atoms with van der Waals surface area (Å²) in [6.07, 6.45) is 10.5. The predicted octanol–water partition coefficient (Wildman–Crippen LogP) is 4.75. The highest BCUT2D eigenvalue weighted by Crippen LogP contribution is 2.32. The number of hydrogen-bond donors (Lipinski definition) is 0. The van der Waals surface area contributed by atoms with Crippen LogP contribution in [0.15, 0.2) is 70.3 Å². The molecule has 0 bridgehead atoms. The highest BCUT2D eigenvalue weighted by atomic mass is 35.5. The summed E-state index contributed by atoms with van der Waals surface area (Å²) >= 11 is 7.41. The molecule has 0 radical (unpaired) electrons. The van der Waals surface area contributed by atoms with E-state index in [1.807, 2.05) is 24.3 Å². The van der Waals surface area contributed by atoms with E-state index in [4.69, 9.17) is 16.0 Å². The minimum Gasteiger partial charge on any atom is -0.472 e. The Morgan fingerprint density at radius 3 is 2.92 bits per heavy atom. The monoisotopic (exact) mass is 370 g/mol. The summed E-state index contributed by atoms with van der Waals surface area (Å²) in [4.78, 5) is 12.4. The van der Waals surface area contributed by atoms with Gasteiger partial charge in [-0.05, 0) is 41.6 Å². The van der Waals surface area contributed by atoms with Crippen LogP contribution in [0.2, 0.25) is 5.02 Å². The minimum atomic E-state index is -0.138. The zero-order valence-corrected chi connectivity index (χ0v) is 14.8. The molecular weight excluding hydrogens is 356 g/mol. The standard InChI is InChI=1S/C19H15ClN2O2S/c20-15-7-5-13(6-8-15)16-4-2-1-3-14(16)12-25-22-19(23)17-11-24-10-9-18(17)21-22/h1,3-11,14H,2,12H2. The Bertz CT molecular complexity index is 972. The summed E-state index contributed by atoms with van der Waals surface area (Å²) in [5, 5.41) is 5.08. The lowest BCUT2D eigenvalue weighted by atomic mass is 9.89. The van der Waals surface area contributed by atoms with E-state index in [0.29, 0.717) is 11.3 Å². The Morgan fingerprint density at radius 2 is 2.12 bits per heavy atom. The van der Waals surface area contributed by atoms with Crippen molar-refractivity contribution in [2.24, 2.45) is 5.92 Å². The van der Waals surface area contributed by atoms with Crippen LogP contribution in [0.5, 0.6) is 0 Å². The quantitative estimate of drug-likeness (QED) is 0.622. The van der Waals surface area contributed by atoms with E-state index >= 15 is 0 Å². The molecule has 0 N–H and O–H groups in total. The lowest BCUT2D eigenvalue weighted by Gasteiger charge is -2.20. The summed E-state index contributed by atoms with van der Waals surface area (Å²) in [5.74, 6) is 0.946.